The molecule has 0 bridgehead atoms. The zero-order valence-electron chi connectivity index (χ0n) is 4.85. The fourth-order valence-electron chi connectivity index (χ4n) is 0.562. The van der Waals surface area contributed by atoms with E-state index in [9.17, 15) is 4.79 Å². The summed E-state index contributed by atoms with van der Waals surface area (Å²) in [6.45, 7) is -0.696. The highest BCUT2D eigenvalue weighted by atomic mass is 16.9. The van der Waals surface area contributed by atoms with Crippen molar-refractivity contribution in [2.75, 3.05) is 6.61 Å². The molecule has 1 aliphatic heterocycles. The lowest BCUT2D eigenvalue weighted by Crippen LogP contribution is -2.41. The van der Waals surface area contributed by atoms with Crippen LogP contribution in [0, 0.1) is 0 Å². The molecule has 0 spiro atoms. The first-order valence-electron chi connectivity index (χ1n) is 2.51. The number of hydrogen-bond acceptors (Lipinski definition) is 6. The number of rotatable bonds is 1. The number of aliphatic hydroxyl groups is 3. The molecule has 0 radical (unpaired) electrons. The van der Waals surface area contributed by atoms with E-state index in [4.69, 9.17) is 15.3 Å². The predicted molar refractivity (Wildman–Crippen MR) is 25.6 cm³/mol. The highest BCUT2D eigenvalue weighted by Crippen LogP contribution is 2.20. The van der Waals surface area contributed by atoms with Gasteiger partial charge in [-0.2, -0.15) is 0 Å². The number of hydrogen-bond donors (Lipinski definition) is 3. The Labute approximate surface area is 55.6 Å². The number of carbonyl (C=O) groups is 1. The molecule has 6 nitrogen and oxygen atoms in total. The van der Waals surface area contributed by atoms with Crippen molar-refractivity contribution in [3.63, 3.8) is 0 Å². The van der Waals surface area contributed by atoms with Crippen LogP contribution in [0.3, 0.4) is 0 Å². The molecule has 0 aromatic carbocycles. The molecular formula is C4H6O6. The van der Waals surface area contributed by atoms with E-state index in [0.717, 1.165) is 0 Å². The molecule has 0 aromatic heterocycles. The Morgan fingerprint density at radius 3 is 2.40 bits per heavy atom. The van der Waals surface area contributed by atoms with Gasteiger partial charge < -0.3 is 24.8 Å². The maximum atomic E-state index is 10.2. The van der Waals surface area contributed by atoms with Crippen molar-refractivity contribution >= 4 is 6.16 Å². The molecule has 0 amide bonds. The van der Waals surface area contributed by atoms with E-state index in [1.165, 1.54) is 0 Å². The summed E-state index contributed by atoms with van der Waals surface area (Å²) in [5.74, 6) is -2.69. The third-order valence-corrected chi connectivity index (χ3v) is 1.06. The summed E-state index contributed by atoms with van der Waals surface area (Å²) in [5, 5.41) is 25.6. The molecule has 0 aromatic rings. The molecule has 3 N–H and O–H groups in total. The average molecular weight is 150 g/mol. The summed E-state index contributed by atoms with van der Waals surface area (Å²) in [4.78, 5) is 10.2. The molecule has 58 valence electrons. The fraction of sp³-hybridized carbons (Fsp3) is 0.750. The van der Waals surface area contributed by atoms with Gasteiger partial charge in [0, 0.05) is 0 Å². The van der Waals surface area contributed by atoms with Gasteiger partial charge in [-0.05, 0) is 0 Å². The van der Waals surface area contributed by atoms with E-state index in [0.29, 0.717) is 0 Å². The normalized spacial score (nSPS) is 29.5. The molecule has 0 saturated carbocycles. The summed E-state index contributed by atoms with van der Waals surface area (Å²) >= 11 is 0. The van der Waals surface area contributed by atoms with E-state index in [-0.39, 0.29) is 0 Å². The van der Waals surface area contributed by atoms with Crippen LogP contribution in [-0.2, 0) is 9.47 Å². The van der Waals surface area contributed by atoms with E-state index >= 15 is 0 Å². The standard InChI is InChI=1S/C4H6O6/c5-1-2-4(7,8)10-3(6)9-2/h2,5,7-8H,1H2. The van der Waals surface area contributed by atoms with Crippen LogP contribution in [0.5, 0.6) is 0 Å². The lowest BCUT2D eigenvalue weighted by atomic mass is 10.3. The maximum absolute atomic E-state index is 10.2. The second kappa shape index (κ2) is 2.08. The van der Waals surface area contributed by atoms with E-state index in [1.54, 1.807) is 0 Å². The van der Waals surface area contributed by atoms with Crippen molar-refractivity contribution in [1.82, 2.24) is 0 Å². The SMILES string of the molecule is O=C1OC(CO)C(O)(O)O1. The molecule has 1 unspecified atom stereocenters. The van der Waals surface area contributed by atoms with Crippen LogP contribution < -0.4 is 0 Å². The van der Waals surface area contributed by atoms with Crippen molar-refractivity contribution < 1.29 is 29.6 Å². The van der Waals surface area contributed by atoms with Crippen LogP contribution in [0.15, 0.2) is 0 Å². The molecule has 10 heavy (non-hydrogen) atoms. The lowest BCUT2D eigenvalue weighted by molar-refractivity contribution is -0.312. The van der Waals surface area contributed by atoms with Crippen molar-refractivity contribution in [2.24, 2.45) is 0 Å². The van der Waals surface area contributed by atoms with Gasteiger partial charge in [0.25, 0.3) is 0 Å². The number of cyclic esters (lactones) is 2. The summed E-state index contributed by atoms with van der Waals surface area (Å²) < 4.78 is 7.96. The van der Waals surface area contributed by atoms with Gasteiger partial charge in [0.05, 0.1) is 6.61 Å². The second-order valence-electron chi connectivity index (χ2n) is 1.80. The van der Waals surface area contributed by atoms with Crippen LogP contribution in [0.2, 0.25) is 0 Å². The maximum Gasteiger partial charge on any atom is 0.513 e. The minimum absolute atomic E-state index is 0.696. The molecule has 1 heterocycles. The monoisotopic (exact) mass is 150 g/mol. The first-order chi connectivity index (χ1) is 4.56. The summed E-state index contributed by atoms with van der Waals surface area (Å²) in [6.07, 6.45) is -2.62. The van der Waals surface area contributed by atoms with Crippen LogP contribution in [0.1, 0.15) is 0 Å². The predicted octanol–water partition coefficient (Wildman–Crippen LogP) is -1.85. The van der Waals surface area contributed by atoms with Gasteiger partial charge in [-0.1, -0.05) is 0 Å². The van der Waals surface area contributed by atoms with Crippen LogP contribution in [0.25, 0.3) is 0 Å². The zero-order chi connectivity index (χ0) is 7.78. The topological polar surface area (TPSA) is 96.2 Å². The van der Waals surface area contributed by atoms with E-state index < -0.39 is 24.8 Å². The van der Waals surface area contributed by atoms with Gasteiger partial charge in [-0.25, -0.2) is 4.79 Å². The van der Waals surface area contributed by atoms with Gasteiger partial charge in [0.1, 0.15) is 0 Å². The minimum Gasteiger partial charge on any atom is -0.418 e. The first kappa shape index (κ1) is 7.26. The highest BCUT2D eigenvalue weighted by Gasteiger charge is 2.49. The Morgan fingerprint density at radius 2 is 2.20 bits per heavy atom. The molecular weight excluding hydrogens is 144 g/mol. The van der Waals surface area contributed by atoms with Gasteiger partial charge in [0.2, 0.25) is 6.10 Å². The number of ether oxygens (including phenoxy) is 2. The zero-order valence-corrected chi connectivity index (χ0v) is 4.85. The van der Waals surface area contributed by atoms with Crippen molar-refractivity contribution in [1.29, 1.82) is 0 Å². The van der Waals surface area contributed by atoms with Crippen molar-refractivity contribution in [3.8, 4) is 0 Å². The molecule has 1 rings (SSSR count). The summed E-state index contributed by atoms with van der Waals surface area (Å²) in [7, 11) is 0. The van der Waals surface area contributed by atoms with Crippen molar-refractivity contribution in [2.45, 2.75) is 12.1 Å². The Hall–Kier alpha value is -0.850. The van der Waals surface area contributed by atoms with Gasteiger partial charge >= 0.3 is 12.1 Å². The average Bonchev–Trinajstić information content (AvgIpc) is 2.04. The minimum atomic E-state index is -2.69. The second-order valence-corrected chi connectivity index (χ2v) is 1.80. The van der Waals surface area contributed by atoms with E-state index in [2.05, 4.69) is 9.47 Å². The summed E-state index contributed by atoms with van der Waals surface area (Å²) in [5.41, 5.74) is 0. The van der Waals surface area contributed by atoms with Crippen LogP contribution in [-0.4, -0.2) is 40.2 Å². The van der Waals surface area contributed by atoms with Gasteiger partial charge in [0.15, 0.2) is 0 Å². The van der Waals surface area contributed by atoms with Gasteiger partial charge in [-0.3, -0.25) is 0 Å². The molecule has 1 saturated heterocycles. The molecule has 1 aliphatic rings. The van der Waals surface area contributed by atoms with Gasteiger partial charge in [-0.15, -0.1) is 0 Å². The molecule has 6 heteroatoms. The van der Waals surface area contributed by atoms with E-state index in [1.807, 2.05) is 0 Å². The highest BCUT2D eigenvalue weighted by molar-refractivity contribution is 5.62. The molecule has 1 fully saturated rings. The van der Waals surface area contributed by atoms with Crippen molar-refractivity contribution in [3.05, 3.63) is 0 Å². The third kappa shape index (κ3) is 1.04. The van der Waals surface area contributed by atoms with Crippen LogP contribution >= 0.6 is 0 Å². The Balaban J connectivity index is 2.67. The lowest BCUT2D eigenvalue weighted by Gasteiger charge is -2.14. The Bertz CT molecular complexity index is 152. The number of aliphatic hydroxyl groups excluding tert-OH is 1. The summed E-state index contributed by atoms with van der Waals surface area (Å²) in [6, 6.07) is 0. The quantitative estimate of drug-likeness (QED) is 0.300. The van der Waals surface area contributed by atoms with Crippen LogP contribution in [0.4, 0.5) is 4.79 Å². The fourth-order valence-corrected chi connectivity index (χ4v) is 0.562. The largest absolute Gasteiger partial charge is 0.513 e. The Kier molecular flexibility index (Phi) is 1.51. The first-order valence-corrected chi connectivity index (χ1v) is 2.51. The molecule has 1 atom stereocenters. The smallest absolute Gasteiger partial charge is 0.418 e. The third-order valence-electron chi connectivity index (χ3n) is 1.06. The Morgan fingerprint density at radius 1 is 1.60 bits per heavy atom. The number of carbonyl (C=O) groups excluding carboxylic acids is 1. The molecule has 0 aliphatic carbocycles.